The summed E-state index contributed by atoms with van der Waals surface area (Å²) in [7, 11) is 1.17. The van der Waals surface area contributed by atoms with E-state index >= 15 is 17.6 Å². The molecule has 5 aromatic heterocycles. The maximum absolute atomic E-state index is 15.4. The van der Waals surface area contributed by atoms with Gasteiger partial charge in [-0.25, -0.2) is 19.9 Å². The Morgan fingerprint density at radius 1 is 0.812 bits per heavy atom. The predicted octanol–water partition coefficient (Wildman–Crippen LogP) is 7.36. The van der Waals surface area contributed by atoms with Crippen molar-refractivity contribution in [3.63, 3.8) is 0 Å². The molecule has 2 aliphatic rings. The van der Waals surface area contributed by atoms with Crippen LogP contribution in [0.4, 0.5) is 41.1 Å². The fourth-order valence-electron chi connectivity index (χ4n) is 7.64. The average molecular weight is 902 g/mol. The van der Waals surface area contributed by atoms with E-state index in [-0.39, 0.29) is 75.1 Å². The van der Waals surface area contributed by atoms with Crippen molar-refractivity contribution in [2.75, 3.05) is 12.8 Å². The largest absolute Gasteiger partial charge is 0.586 e. The van der Waals surface area contributed by atoms with E-state index in [4.69, 9.17) is 25.4 Å². The molecule has 2 aromatic carbocycles. The molecule has 9 rings (SSSR count). The Hall–Kier alpha value is -7.08. The van der Waals surface area contributed by atoms with Gasteiger partial charge in [0.15, 0.2) is 45.9 Å². The lowest BCUT2D eigenvalue weighted by molar-refractivity contribution is -0.287. The van der Waals surface area contributed by atoms with Crippen molar-refractivity contribution in [3.8, 4) is 23.0 Å². The van der Waals surface area contributed by atoms with E-state index in [1.807, 2.05) is 19.9 Å². The van der Waals surface area contributed by atoms with Gasteiger partial charge in [0.25, 0.3) is 11.8 Å². The van der Waals surface area contributed by atoms with Gasteiger partial charge in [-0.2, -0.15) is 31.7 Å². The molecular formula is C39H35F8N13O4. The van der Waals surface area contributed by atoms with Crippen LogP contribution in [0, 0.1) is 19.3 Å². The standard InChI is InChI=1S/C39H35F8N13O4/c1-6-10-37(42,43)23(48)14-24(36(40,41)7-2)57(5)15-25-50-33-20-8-9-22-31(63-38(44,45)61-22)28(20)52-27(59(33)55-25)13-19-12-21-29(32-30(19)62-39(46,47)64-32)53-35(49)60-34(21)51-26(56-60)16-58-18(4)11-17(3)54-58/h8-9,11-12,14,48H,6-7,10,13,15-16H2,1-5H3,(H2,49,53). The maximum atomic E-state index is 15.4. The Kier molecular flexibility index (Phi) is 9.56. The van der Waals surface area contributed by atoms with Crippen LogP contribution >= 0.6 is 0 Å². The van der Waals surface area contributed by atoms with Crippen molar-refractivity contribution in [2.24, 2.45) is 0 Å². The van der Waals surface area contributed by atoms with Gasteiger partial charge in [-0.3, -0.25) is 10.1 Å². The lowest BCUT2D eigenvalue weighted by atomic mass is 10.0. The molecule has 0 saturated carbocycles. The molecule has 0 aliphatic carbocycles. The summed E-state index contributed by atoms with van der Waals surface area (Å²) in [5, 5.41) is 21.6. The topological polar surface area (TPSA) is 194 Å². The molecule has 0 atom stereocenters. The van der Waals surface area contributed by atoms with E-state index in [1.54, 1.807) is 4.68 Å². The van der Waals surface area contributed by atoms with Crippen LogP contribution in [0.5, 0.6) is 23.0 Å². The Morgan fingerprint density at radius 2 is 1.47 bits per heavy atom. The summed E-state index contributed by atoms with van der Waals surface area (Å²) in [6.07, 6.45) is -9.90. The molecular weight excluding hydrogens is 867 g/mol. The second-order valence-corrected chi connectivity index (χ2v) is 15.3. The summed E-state index contributed by atoms with van der Waals surface area (Å²) in [6.45, 7) is 5.82. The number of alkyl halides is 8. The van der Waals surface area contributed by atoms with Crippen molar-refractivity contribution in [1.82, 2.24) is 53.8 Å². The summed E-state index contributed by atoms with van der Waals surface area (Å²) < 4.78 is 143. The number of aryl methyl sites for hydroxylation is 2. The number of fused-ring (bicyclic) bond motifs is 10. The highest BCUT2D eigenvalue weighted by Crippen LogP contribution is 2.50. The minimum absolute atomic E-state index is 0.0146. The molecule has 3 N–H and O–H groups in total. The third-order valence-electron chi connectivity index (χ3n) is 10.6. The number of allylic oxidation sites excluding steroid dienone is 2. The molecule has 0 radical (unpaired) electrons. The molecule has 7 aromatic rings. The zero-order valence-electron chi connectivity index (χ0n) is 34.3. The summed E-state index contributed by atoms with van der Waals surface area (Å²) in [4.78, 5) is 18.9. The van der Waals surface area contributed by atoms with E-state index in [2.05, 4.69) is 40.0 Å². The number of benzene rings is 2. The first-order valence-corrected chi connectivity index (χ1v) is 19.6. The van der Waals surface area contributed by atoms with Gasteiger partial charge in [-0.05, 0) is 44.2 Å². The average Bonchev–Trinajstić information content (AvgIpc) is 4.03. The third kappa shape index (κ3) is 7.20. The number of nitrogens with one attached hydrogen (secondary N) is 1. The van der Waals surface area contributed by atoms with Gasteiger partial charge in [-0.1, -0.05) is 20.3 Å². The van der Waals surface area contributed by atoms with E-state index in [1.165, 1.54) is 36.7 Å². The minimum atomic E-state index is -4.19. The van der Waals surface area contributed by atoms with Crippen LogP contribution < -0.4 is 24.7 Å². The Balaban J connectivity index is 1.20. The van der Waals surface area contributed by atoms with Crippen LogP contribution in [0.15, 0.2) is 36.0 Å². The van der Waals surface area contributed by atoms with Crippen molar-refractivity contribution in [1.29, 1.82) is 5.41 Å². The van der Waals surface area contributed by atoms with Crippen molar-refractivity contribution in [3.05, 3.63) is 70.5 Å². The van der Waals surface area contributed by atoms with Gasteiger partial charge in [-0.15, -0.1) is 27.8 Å². The number of nitrogens with zero attached hydrogens (tertiary/aromatic N) is 11. The minimum Gasteiger partial charge on any atom is -0.395 e. The van der Waals surface area contributed by atoms with Crippen LogP contribution in [0.3, 0.4) is 0 Å². The first-order valence-electron chi connectivity index (χ1n) is 19.6. The molecule has 2 aliphatic heterocycles. The van der Waals surface area contributed by atoms with Gasteiger partial charge in [0, 0.05) is 48.3 Å². The fourth-order valence-corrected chi connectivity index (χ4v) is 7.64. The lowest BCUT2D eigenvalue weighted by Gasteiger charge is -2.28. The Labute approximate surface area is 354 Å². The number of halogens is 8. The van der Waals surface area contributed by atoms with Crippen LogP contribution in [0.2, 0.25) is 0 Å². The van der Waals surface area contributed by atoms with E-state index in [9.17, 15) is 17.6 Å². The Bertz CT molecular complexity index is 3110. The molecule has 0 fully saturated rings. The van der Waals surface area contributed by atoms with Crippen LogP contribution in [0.1, 0.15) is 67.5 Å². The quantitative estimate of drug-likeness (QED) is 0.0862. The number of anilines is 1. The van der Waals surface area contributed by atoms with E-state index in [0.717, 1.165) is 27.7 Å². The zero-order chi connectivity index (χ0) is 45.8. The van der Waals surface area contributed by atoms with Crippen LogP contribution in [-0.4, -0.2) is 91.0 Å². The highest BCUT2D eigenvalue weighted by molar-refractivity contribution is 6.00. The number of ether oxygens (including phenoxy) is 4. The summed E-state index contributed by atoms with van der Waals surface area (Å²) in [6, 6.07) is 5.75. The van der Waals surface area contributed by atoms with Gasteiger partial charge in [0.05, 0.1) is 17.9 Å². The van der Waals surface area contributed by atoms with E-state index < -0.39 is 84.6 Å². The number of aromatic nitrogens is 10. The SMILES string of the molecule is CCCC(F)(F)C(=N)C=C(N(C)Cc1nc2c3ccc4c(c3nc(Cc3cc5c(nc(N)n6nc(Cn7nc(C)cc7C)nc56)c5c3OC(F)(F)O5)n2n1)OC(F)(F)O4)C(F)(F)CC. The van der Waals surface area contributed by atoms with Gasteiger partial charge >= 0.3 is 12.6 Å². The summed E-state index contributed by atoms with van der Waals surface area (Å²) in [5.74, 6) is -9.61. The summed E-state index contributed by atoms with van der Waals surface area (Å²) >= 11 is 0. The number of hydrogen-bond acceptors (Lipinski definition) is 14. The summed E-state index contributed by atoms with van der Waals surface area (Å²) in [5.41, 5.74) is 5.16. The molecule has 0 unspecified atom stereocenters. The molecule has 25 heteroatoms. The van der Waals surface area contributed by atoms with Crippen LogP contribution in [0.25, 0.3) is 33.1 Å². The third-order valence-corrected chi connectivity index (χ3v) is 10.6. The molecule has 7 heterocycles. The Morgan fingerprint density at radius 3 is 2.17 bits per heavy atom. The van der Waals surface area contributed by atoms with Gasteiger partial charge < -0.3 is 29.6 Å². The highest BCUT2D eigenvalue weighted by atomic mass is 19.3. The van der Waals surface area contributed by atoms with Crippen molar-refractivity contribution >= 4 is 44.8 Å². The molecule has 0 saturated heterocycles. The number of nitrogens with two attached hydrogens (primary N) is 1. The molecule has 0 bridgehead atoms. The monoisotopic (exact) mass is 901 g/mol. The second kappa shape index (κ2) is 14.5. The van der Waals surface area contributed by atoms with Crippen molar-refractivity contribution in [2.45, 2.75) is 90.9 Å². The van der Waals surface area contributed by atoms with Crippen LogP contribution in [-0.2, 0) is 19.5 Å². The van der Waals surface area contributed by atoms with Crippen molar-refractivity contribution < 1.29 is 54.1 Å². The van der Waals surface area contributed by atoms with E-state index in [0.29, 0.717) is 6.08 Å². The predicted molar refractivity (Wildman–Crippen MR) is 209 cm³/mol. The lowest BCUT2D eigenvalue weighted by Crippen LogP contribution is -2.34. The fraction of sp³-hybridized carbons (Fsp3) is 0.385. The molecule has 0 spiro atoms. The molecule has 17 nitrogen and oxygen atoms in total. The first-order chi connectivity index (χ1) is 30.1. The molecule has 0 amide bonds. The molecule has 64 heavy (non-hydrogen) atoms. The molecule has 336 valence electrons. The highest BCUT2D eigenvalue weighted by Gasteiger charge is 2.48. The van der Waals surface area contributed by atoms with Gasteiger partial charge in [0.2, 0.25) is 5.95 Å². The normalized spacial score (nSPS) is 15.7. The smallest absolute Gasteiger partial charge is 0.395 e. The maximum Gasteiger partial charge on any atom is 0.586 e. The zero-order valence-corrected chi connectivity index (χ0v) is 34.3. The number of rotatable bonds is 13. The first kappa shape index (κ1) is 42.2. The van der Waals surface area contributed by atoms with Gasteiger partial charge in [0.1, 0.15) is 29.1 Å². The second-order valence-electron chi connectivity index (χ2n) is 15.3. The number of hydrogen-bond donors (Lipinski definition) is 2. The number of nitrogen functional groups attached to an aromatic ring is 1.